The van der Waals surface area contributed by atoms with E-state index in [1.807, 2.05) is 4.68 Å². The van der Waals surface area contributed by atoms with E-state index in [0.29, 0.717) is 6.04 Å². The van der Waals surface area contributed by atoms with Crippen molar-refractivity contribution < 1.29 is 0 Å². The molecule has 0 bridgehead atoms. The van der Waals surface area contributed by atoms with Gasteiger partial charge in [0.05, 0.1) is 5.69 Å². The van der Waals surface area contributed by atoms with Crippen LogP contribution in [0.5, 0.6) is 0 Å². The predicted molar refractivity (Wildman–Crippen MR) is 84.8 cm³/mol. The Morgan fingerprint density at radius 3 is 2.30 bits per heavy atom. The summed E-state index contributed by atoms with van der Waals surface area (Å²) in [4.78, 5) is 0. The van der Waals surface area contributed by atoms with Crippen LogP contribution in [0, 0.1) is 24.7 Å². The summed E-state index contributed by atoms with van der Waals surface area (Å²) in [5, 5.41) is 8.03. The van der Waals surface area contributed by atoms with Crippen LogP contribution < -0.4 is 5.32 Å². The molecule has 1 saturated carbocycles. The zero-order valence-corrected chi connectivity index (χ0v) is 13.8. The zero-order chi connectivity index (χ0) is 14.7. The number of likely N-dealkylation sites (N-methyl/N-ethyl adjacent to an activating group) is 1. The molecule has 0 amide bonds. The van der Waals surface area contributed by atoms with Gasteiger partial charge in [-0.25, -0.2) is 0 Å². The topological polar surface area (TPSA) is 29.9 Å². The van der Waals surface area contributed by atoms with Crippen LogP contribution in [0.4, 0.5) is 0 Å². The van der Waals surface area contributed by atoms with E-state index >= 15 is 0 Å². The van der Waals surface area contributed by atoms with Crippen molar-refractivity contribution in [2.75, 3.05) is 7.05 Å². The SMILES string of the molecule is CNC(Cc1cc(C)nn1C)C1CCC(C(C)C)CC1. The lowest BCUT2D eigenvalue weighted by atomic mass is 9.74. The molecule has 0 spiro atoms. The van der Waals surface area contributed by atoms with Gasteiger partial charge in [0.25, 0.3) is 0 Å². The molecule has 0 aromatic carbocycles. The summed E-state index contributed by atoms with van der Waals surface area (Å²) in [6, 6.07) is 2.82. The van der Waals surface area contributed by atoms with E-state index in [2.05, 4.69) is 51.3 Å². The van der Waals surface area contributed by atoms with Crippen LogP contribution in [0.1, 0.15) is 50.9 Å². The molecule has 1 N–H and O–H groups in total. The average Bonchev–Trinajstić information content (AvgIpc) is 2.74. The highest BCUT2D eigenvalue weighted by Gasteiger charge is 2.28. The van der Waals surface area contributed by atoms with Crippen molar-refractivity contribution in [3.05, 3.63) is 17.5 Å². The fourth-order valence-corrected chi connectivity index (χ4v) is 3.80. The lowest BCUT2D eigenvalue weighted by Gasteiger charge is -2.35. The molecule has 1 unspecified atom stereocenters. The van der Waals surface area contributed by atoms with E-state index in [1.165, 1.54) is 31.4 Å². The highest BCUT2D eigenvalue weighted by Crippen LogP contribution is 2.35. The Labute approximate surface area is 124 Å². The molecule has 1 aromatic heterocycles. The molecular formula is C17H31N3. The minimum absolute atomic E-state index is 0.595. The third-order valence-corrected chi connectivity index (χ3v) is 5.23. The number of nitrogens with one attached hydrogen (secondary N) is 1. The normalized spacial score (nSPS) is 25.1. The van der Waals surface area contributed by atoms with Crippen molar-refractivity contribution in [2.45, 2.75) is 58.9 Å². The molecule has 1 aromatic rings. The van der Waals surface area contributed by atoms with Gasteiger partial charge in [-0.2, -0.15) is 5.10 Å². The Morgan fingerprint density at radius 1 is 1.25 bits per heavy atom. The van der Waals surface area contributed by atoms with Crippen molar-refractivity contribution in [1.82, 2.24) is 15.1 Å². The third kappa shape index (κ3) is 3.63. The van der Waals surface area contributed by atoms with Gasteiger partial charge >= 0.3 is 0 Å². The van der Waals surface area contributed by atoms with Crippen LogP contribution in [-0.4, -0.2) is 22.9 Å². The Kier molecular flexibility index (Phi) is 5.25. The van der Waals surface area contributed by atoms with Crippen molar-refractivity contribution >= 4 is 0 Å². The van der Waals surface area contributed by atoms with Gasteiger partial charge in [0, 0.05) is 25.2 Å². The molecule has 20 heavy (non-hydrogen) atoms. The van der Waals surface area contributed by atoms with Crippen molar-refractivity contribution in [3.63, 3.8) is 0 Å². The first-order chi connectivity index (χ1) is 9.51. The smallest absolute Gasteiger partial charge is 0.0596 e. The summed E-state index contributed by atoms with van der Waals surface area (Å²) < 4.78 is 2.04. The largest absolute Gasteiger partial charge is 0.316 e. The molecule has 3 heteroatoms. The van der Waals surface area contributed by atoms with E-state index in [4.69, 9.17) is 0 Å². The van der Waals surface area contributed by atoms with Gasteiger partial charge in [0.15, 0.2) is 0 Å². The van der Waals surface area contributed by atoms with Gasteiger partial charge in [0.1, 0.15) is 0 Å². The maximum absolute atomic E-state index is 4.47. The zero-order valence-electron chi connectivity index (χ0n) is 13.8. The summed E-state index contributed by atoms with van der Waals surface area (Å²) in [6.07, 6.45) is 6.68. The summed E-state index contributed by atoms with van der Waals surface area (Å²) in [5.74, 6) is 2.62. The summed E-state index contributed by atoms with van der Waals surface area (Å²) in [6.45, 7) is 6.82. The molecule has 0 saturated heterocycles. The van der Waals surface area contributed by atoms with Gasteiger partial charge in [-0.05, 0) is 63.5 Å². The highest BCUT2D eigenvalue weighted by atomic mass is 15.3. The average molecular weight is 277 g/mol. The fraction of sp³-hybridized carbons (Fsp3) is 0.824. The summed E-state index contributed by atoms with van der Waals surface area (Å²) in [7, 11) is 4.17. The number of aromatic nitrogens is 2. The number of hydrogen-bond donors (Lipinski definition) is 1. The number of hydrogen-bond acceptors (Lipinski definition) is 2. The van der Waals surface area contributed by atoms with Crippen molar-refractivity contribution in [1.29, 1.82) is 0 Å². The number of rotatable bonds is 5. The predicted octanol–water partition coefficient (Wildman–Crippen LogP) is 3.32. The first-order valence-electron chi connectivity index (χ1n) is 8.18. The van der Waals surface area contributed by atoms with Crippen LogP contribution in [0.3, 0.4) is 0 Å². The van der Waals surface area contributed by atoms with Crippen molar-refractivity contribution in [2.24, 2.45) is 24.8 Å². The van der Waals surface area contributed by atoms with Crippen LogP contribution >= 0.6 is 0 Å². The molecule has 1 fully saturated rings. The minimum atomic E-state index is 0.595. The first-order valence-corrected chi connectivity index (χ1v) is 8.18. The molecule has 1 atom stereocenters. The van der Waals surface area contributed by atoms with E-state index in [9.17, 15) is 0 Å². The molecule has 1 aliphatic rings. The molecule has 1 heterocycles. The first kappa shape index (κ1) is 15.6. The van der Waals surface area contributed by atoms with Crippen LogP contribution in [0.2, 0.25) is 0 Å². The van der Waals surface area contributed by atoms with E-state index in [0.717, 1.165) is 29.9 Å². The highest BCUT2D eigenvalue weighted by molar-refractivity contribution is 5.10. The van der Waals surface area contributed by atoms with Crippen LogP contribution in [0.25, 0.3) is 0 Å². The lowest BCUT2D eigenvalue weighted by Crippen LogP contribution is -2.38. The standard InChI is InChI=1S/C17H31N3/c1-12(2)14-6-8-15(9-7-14)17(18-4)11-16-10-13(3)19-20(16)5/h10,12,14-15,17-18H,6-9,11H2,1-5H3. The second-order valence-electron chi connectivity index (χ2n) is 6.92. The van der Waals surface area contributed by atoms with Gasteiger partial charge < -0.3 is 5.32 Å². The molecule has 2 rings (SSSR count). The molecule has 114 valence electrons. The van der Waals surface area contributed by atoms with Crippen LogP contribution in [-0.2, 0) is 13.5 Å². The quantitative estimate of drug-likeness (QED) is 0.895. The van der Waals surface area contributed by atoms with Gasteiger partial charge in [-0.3, -0.25) is 4.68 Å². The number of aryl methyl sites for hydroxylation is 2. The van der Waals surface area contributed by atoms with Crippen molar-refractivity contribution in [3.8, 4) is 0 Å². The third-order valence-electron chi connectivity index (χ3n) is 5.23. The Bertz CT molecular complexity index is 414. The van der Waals surface area contributed by atoms with Gasteiger partial charge in [-0.15, -0.1) is 0 Å². The van der Waals surface area contributed by atoms with E-state index in [1.54, 1.807) is 0 Å². The Balaban J connectivity index is 1.94. The second kappa shape index (κ2) is 6.75. The van der Waals surface area contributed by atoms with Crippen LogP contribution in [0.15, 0.2) is 6.07 Å². The number of nitrogens with zero attached hydrogens (tertiary/aromatic N) is 2. The second-order valence-corrected chi connectivity index (χ2v) is 6.92. The summed E-state index contributed by atoms with van der Waals surface area (Å²) >= 11 is 0. The molecule has 0 aliphatic heterocycles. The monoisotopic (exact) mass is 277 g/mol. The summed E-state index contributed by atoms with van der Waals surface area (Å²) in [5.41, 5.74) is 2.48. The molecule has 0 radical (unpaired) electrons. The Morgan fingerprint density at radius 2 is 1.85 bits per heavy atom. The lowest BCUT2D eigenvalue weighted by molar-refractivity contribution is 0.190. The minimum Gasteiger partial charge on any atom is -0.316 e. The fourth-order valence-electron chi connectivity index (χ4n) is 3.80. The maximum Gasteiger partial charge on any atom is 0.0596 e. The molecule has 1 aliphatic carbocycles. The molecular weight excluding hydrogens is 246 g/mol. The van der Waals surface area contributed by atoms with E-state index in [-0.39, 0.29) is 0 Å². The Hall–Kier alpha value is -0.830. The van der Waals surface area contributed by atoms with Gasteiger partial charge in [-0.1, -0.05) is 13.8 Å². The maximum atomic E-state index is 4.47. The van der Waals surface area contributed by atoms with E-state index < -0.39 is 0 Å². The van der Waals surface area contributed by atoms with Gasteiger partial charge in [0.2, 0.25) is 0 Å². The molecule has 3 nitrogen and oxygen atoms in total.